The zero-order valence-corrected chi connectivity index (χ0v) is 16.3. The van der Waals surface area contributed by atoms with E-state index >= 15 is 0 Å². The normalized spacial score (nSPS) is 10.6. The number of para-hydroxylation sites is 1. The Morgan fingerprint density at radius 2 is 1.77 bits per heavy atom. The fraction of sp³-hybridized carbons (Fsp3) is 0.0833. The SMILES string of the molecule is Cc1cccc(NC(=O)COC(=O)c2cc(-c3ccccn3)nc3ccccc23)c1. The number of amides is 1. The lowest BCUT2D eigenvalue weighted by Crippen LogP contribution is -2.21. The first kappa shape index (κ1) is 19.3. The third-order valence-electron chi connectivity index (χ3n) is 4.50. The zero-order valence-electron chi connectivity index (χ0n) is 16.3. The van der Waals surface area contributed by atoms with Crippen molar-refractivity contribution >= 4 is 28.5 Å². The van der Waals surface area contributed by atoms with Gasteiger partial charge in [0, 0.05) is 17.3 Å². The number of nitrogens with zero attached hydrogens (tertiary/aromatic N) is 2. The lowest BCUT2D eigenvalue weighted by Gasteiger charge is -2.10. The Labute approximate surface area is 173 Å². The summed E-state index contributed by atoms with van der Waals surface area (Å²) in [7, 11) is 0. The second-order valence-corrected chi connectivity index (χ2v) is 6.78. The number of nitrogens with one attached hydrogen (secondary N) is 1. The molecule has 4 aromatic rings. The fourth-order valence-corrected chi connectivity index (χ4v) is 3.12. The standard InChI is InChI=1S/C24H19N3O3/c1-16-7-6-8-17(13-16)26-23(28)15-30-24(29)19-14-22(21-11-4-5-12-25-21)27-20-10-3-2-9-18(19)20/h2-14H,15H2,1H3,(H,26,28). The van der Waals surface area contributed by atoms with E-state index in [1.807, 2.05) is 61.5 Å². The van der Waals surface area contributed by atoms with E-state index in [1.54, 1.807) is 24.4 Å². The second kappa shape index (κ2) is 8.53. The minimum atomic E-state index is -0.592. The van der Waals surface area contributed by atoms with Crippen LogP contribution in [0.5, 0.6) is 0 Å². The summed E-state index contributed by atoms with van der Waals surface area (Å²) in [5.74, 6) is -0.998. The van der Waals surface area contributed by atoms with E-state index in [-0.39, 0.29) is 6.61 Å². The Morgan fingerprint density at radius 1 is 0.933 bits per heavy atom. The van der Waals surface area contributed by atoms with Crippen LogP contribution in [0.3, 0.4) is 0 Å². The third-order valence-corrected chi connectivity index (χ3v) is 4.50. The second-order valence-electron chi connectivity index (χ2n) is 6.78. The molecular weight excluding hydrogens is 378 g/mol. The van der Waals surface area contributed by atoms with E-state index in [2.05, 4.69) is 15.3 Å². The van der Waals surface area contributed by atoms with Crippen LogP contribution >= 0.6 is 0 Å². The zero-order chi connectivity index (χ0) is 20.9. The number of hydrogen-bond donors (Lipinski definition) is 1. The van der Waals surface area contributed by atoms with E-state index in [4.69, 9.17) is 4.74 Å². The molecule has 0 aliphatic heterocycles. The van der Waals surface area contributed by atoms with Gasteiger partial charge in [-0.25, -0.2) is 9.78 Å². The molecule has 0 saturated heterocycles. The Balaban J connectivity index is 1.56. The smallest absolute Gasteiger partial charge is 0.339 e. The highest BCUT2D eigenvalue weighted by Gasteiger charge is 2.17. The number of aryl methyl sites for hydroxylation is 1. The Hall–Kier alpha value is -4.06. The van der Waals surface area contributed by atoms with Crippen LogP contribution < -0.4 is 5.32 Å². The van der Waals surface area contributed by atoms with Gasteiger partial charge in [-0.3, -0.25) is 9.78 Å². The molecular formula is C24H19N3O3. The van der Waals surface area contributed by atoms with Crippen LogP contribution in [0, 0.1) is 6.92 Å². The van der Waals surface area contributed by atoms with Crippen molar-refractivity contribution in [1.82, 2.24) is 9.97 Å². The first-order valence-corrected chi connectivity index (χ1v) is 9.45. The number of hydrogen-bond acceptors (Lipinski definition) is 5. The van der Waals surface area contributed by atoms with Crippen LogP contribution in [-0.4, -0.2) is 28.5 Å². The molecule has 0 aliphatic carbocycles. The quantitative estimate of drug-likeness (QED) is 0.505. The first-order valence-electron chi connectivity index (χ1n) is 9.45. The highest BCUT2D eigenvalue weighted by Crippen LogP contribution is 2.24. The number of fused-ring (bicyclic) bond motifs is 1. The van der Waals surface area contributed by atoms with Crippen molar-refractivity contribution in [2.24, 2.45) is 0 Å². The Morgan fingerprint density at radius 3 is 2.57 bits per heavy atom. The van der Waals surface area contributed by atoms with E-state index in [1.165, 1.54) is 0 Å². The molecule has 2 aromatic heterocycles. The number of esters is 1. The van der Waals surface area contributed by atoms with Crippen molar-refractivity contribution in [3.05, 3.63) is 90.1 Å². The number of anilines is 1. The van der Waals surface area contributed by atoms with Crippen LogP contribution in [0.2, 0.25) is 0 Å². The number of ether oxygens (including phenoxy) is 1. The maximum atomic E-state index is 12.8. The van der Waals surface area contributed by atoms with Gasteiger partial charge in [-0.15, -0.1) is 0 Å². The third kappa shape index (κ3) is 4.33. The number of carbonyl (C=O) groups is 2. The maximum Gasteiger partial charge on any atom is 0.339 e. The van der Waals surface area contributed by atoms with Crippen molar-refractivity contribution < 1.29 is 14.3 Å². The summed E-state index contributed by atoms with van der Waals surface area (Å²) in [6, 6.07) is 21.8. The lowest BCUT2D eigenvalue weighted by atomic mass is 10.1. The molecule has 6 heteroatoms. The molecule has 2 heterocycles. The topological polar surface area (TPSA) is 81.2 Å². The molecule has 1 amide bonds. The predicted molar refractivity (Wildman–Crippen MR) is 115 cm³/mol. The average Bonchev–Trinajstić information content (AvgIpc) is 2.77. The van der Waals surface area contributed by atoms with Gasteiger partial charge in [0.2, 0.25) is 0 Å². The fourth-order valence-electron chi connectivity index (χ4n) is 3.12. The Bertz CT molecular complexity index is 1220. The average molecular weight is 397 g/mol. The van der Waals surface area contributed by atoms with Crippen molar-refractivity contribution in [1.29, 1.82) is 0 Å². The minimum Gasteiger partial charge on any atom is -0.452 e. The van der Waals surface area contributed by atoms with Gasteiger partial charge in [0.15, 0.2) is 6.61 Å². The van der Waals surface area contributed by atoms with Crippen LogP contribution in [0.1, 0.15) is 15.9 Å². The van der Waals surface area contributed by atoms with Gasteiger partial charge in [0.05, 0.1) is 22.5 Å². The summed E-state index contributed by atoms with van der Waals surface area (Å²) in [5.41, 5.74) is 3.87. The van der Waals surface area contributed by atoms with Crippen LogP contribution in [-0.2, 0) is 9.53 Å². The summed E-state index contributed by atoms with van der Waals surface area (Å²) < 4.78 is 5.29. The molecule has 30 heavy (non-hydrogen) atoms. The van der Waals surface area contributed by atoms with Crippen LogP contribution in [0.15, 0.2) is 79.0 Å². The number of rotatable bonds is 5. The van der Waals surface area contributed by atoms with Crippen molar-refractivity contribution in [2.75, 3.05) is 11.9 Å². The van der Waals surface area contributed by atoms with Gasteiger partial charge in [0.1, 0.15) is 0 Å². The molecule has 0 atom stereocenters. The van der Waals surface area contributed by atoms with Gasteiger partial charge in [-0.1, -0.05) is 36.4 Å². The van der Waals surface area contributed by atoms with Gasteiger partial charge in [0.25, 0.3) is 5.91 Å². The molecule has 0 fully saturated rings. The summed E-state index contributed by atoms with van der Waals surface area (Å²) in [6.45, 7) is 1.55. The first-order chi connectivity index (χ1) is 14.6. The molecule has 0 bridgehead atoms. The highest BCUT2D eigenvalue weighted by atomic mass is 16.5. The summed E-state index contributed by atoms with van der Waals surface area (Å²) in [4.78, 5) is 33.9. The molecule has 0 spiro atoms. The largest absolute Gasteiger partial charge is 0.452 e. The van der Waals surface area contributed by atoms with E-state index in [0.29, 0.717) is 33.5 Å². The maximum absolute atomic E-state index is 12.8. The molecule has 148 valence electrons. The molecule has 6 nitrogen and oxygen atoms in total. The number of carbonyl (C=O) groups excluding carboxylic acids is 2. The van der Waals surface area contributed by atoms with E-state index in [9.17, 15) is 9.59 Å². The van der Waals surface area contributed by atoms with Gasteiger partial charge >= 0.3 is 5.97 Å². The van der Waals surface area contributed by atoms with Gasteiger partial charge < -0.3 is 10.1 Å². The van der Waals surface area contributed by atoms with Crippen molar-refractivity contribution in [2.45, 2.75) is 6.92 Å². The highest BCUT2D eigenvalue weighted by molar-refractivity contribution is 6.05. The number of pyridine rings is 2. The van der Waals surface area contributed by atoms with Crippen LogP contribution in [0.25, 0.3) is 22.3 Å². The van der Waals surface area contributed by atoms with Crippen molar-refractivity contribution in [3.63, 3.8) is 0 Å². The van der Waals surface area contributed by atoms with Crippen LogP contribution in [0.4, 0.5) is 5.69 Å². The molecule has 0 saturated carbocycles. The molecule has 0 radical (unpaired) electrons. The Kier molecular flexibility index (Phi) is 5.48. The number of aromatic nitrogens is 2. The lowest BCUT2D eigenvalue weighted by molar-refractivity contribution is -0.119. The minimum absolute atomic E-state index is 0.338. The van der Waals surface area contributed by atoms with Crippen molar-refractivity contribution in [3.8, 4) is 11.4 Å². The van der Waals surface area contributed by atoms with Gasteiger partial charge in [-0.05, 0) is 48.9 Å². The summed E-state index contributed by atoms with van der Waals surface area (Å²) in [5, 5.41) is 3.38. The molecule has 1 N–H and O–H groups in total. The molecule has 0 aliphatic rings. The van der Waals surface area contributed by atoms with Gasteiger partial charge in [-0.2, -0.15) is 0 Å². The molecule has 0 unspecified atom stereocenters. The predicted octanol–water partition coefficient (Wildman–Crippen LogP) is 4.40. The molecule has 4 rings (SSSR count). The van der Waals surface area contributed by atoms with E-state index in [0.717, 1.165) is 5.56 Å². The van der Waals surface area contributed by atoms with E-state index < -0.39 is 11.9 Å². The summed E-state index contributed by atoms with van der Waals surface area (Å²) >= 11 is 0. The summed E-state index contributed by atoms with van der Waals surface area (Å²) in [6.07, 6.45) is 1.67. The molecule has 2 aromatic carbocycles. The number of benzene rings is 2. The monoisotopic (exact) mass is 397 g/mol.